The van der Waals surface area contributed by atoms with Gasteiger partial charge in [-0.1, -0.05) is 126 Å². The molecule has 0 spiro atoms. The number of likely N-dealkylation sites (N-methyl/N-ethyl adjacent to an activating group) is 1. The van der Waals surface area contributed by atoms with Crippen LogP contribution in [0.15, 0.2) is 48.6 Å². The van der Waals surface area contributed by atoms with Crippen molar-refractivity contribution in [2.24, 2.45) is 0 Å². The minimum absolute atomic E-state index is 0.0510. The zero-order chi connectivity index (χ0) is 36.5. The molecule has 0 aliphatic rings. The van der Waals surface area contributed by atoms with Crippen LogP contribution in [0.2, 0.25) is 0 Å². The fourth-order valence-electron chi connectivity index (χ4n) is 5.19. The first-order valence-corrected chi connectivity index (χ1v) is 21.0. The van der Waals surface area contributed by atoms with Gasteiger partial charge in [0.25, 0.3) is 0 Å². The molecule has 1 amide bonds. The smallest absolute Gasteiger partial charge is 0.387 e. The Kier molecular flexibility index (Phi) is 31.4. The van der Waals surface area contributed by atoms with Crippen molar-refractivity contribution < 1.29 is 32.9 Å². The van der Waals surface area contributed by atoms with Gasteiger partial charge in [-0.25, -0.2) is 4.57 Å². The van der Waals surface area contributed by atoms with Crippen molar-refractivity contribution in [1.82, 2.24) is 5.32 Å². The molecule has 3 atom stereocenters. The highest BCUT2D eigenvalue weighted by molar-refractivity contribution is 7.47. The second-order valence-electron chi connectivity index (χ2n) is 14.3. The number of phosphoric acid groups is 1. The normalized spacial score (nSPS) is 15.2. The van der Waals surface area contributed by atoms with Gasteiger partial charge in [-0.15, -0.1) is 0 Å². The monoisotopic (exact) mass is 712 g/mol. The predicted octanol–water partition coefficient (Wildman–Crippen LogP) is 10.1. The first-order chi connectivity index (χ1) is 23.5. The summed E-state index contributed by atoms with van der Waals surface area (Å²) in [7, 11) is 1.53. The Morgan fingerprint density at radius 2 is 1.20 bits per heavy atom. The van der Waals surface area contributed by atoms with Crippen molar-refractivity contribution >= 4 is 13.7 Å². The number of amides is 1. The number of hydrogen-bond donors (Lipinski definition) is 3. The third-order valence-electron chi connectivity index (χ3n) is 8.34. The van der Waals surface area contributed by atoms with Crippen LogP contribution in [0.4, 0.5) is 0 Å². The van der Waals surface area contributed by atoms with E-state index in [0.717, 1.165) is 44.9 Å². The van der Waals surface area contributed by atoms with Gasteiger partial charge >= 0.3 is 7.82 Å². The van der Waals surface area contributed by atoms with Crippen LogP contribution in [-0.2, 0) is 18.4 Å². The standard InChI is InChI=1S/C40H75N2O6P/c1-6-8-10-12-14-16-17-18-19-20-21-22-23-24-26-28-30-32-34-40(44)41-38(37-48-49(45,46)47-36-35-42(3,4)5)39(43)33-31-29-27-25-15-13-11-9-7-2/h7,9,15,19-20,25,31,33,38-39,43H,6,8,10-14,16-18,21-24,26-30,32,34-37H2,1-5H3,(H-,41,44,45,46)/p+1/b9-7+,20-19-,25-15+,33-31+. The van der Waals surface area contributed by atoms with Gasteiger partial charge in [0.15, 0.2) is 0 Å². The van der Waals surface area contributed by atoms with E-state index >= 15 is 0 Å². The number of nitrogens with zero attached hydrogens (tertiary/aromatic N) is 1. The first-order valence-electron chi connectivity index (χ1n) is 19.5. The number of nitrogens with one attached hydrogen (secondary N) is 1. The van der Waals surface area contributed by atoms with E-state index in [0.29, 0.717) is 17.4 Å². The molecule has 0 fully saturated rings. The summed E-state index contributed by atoms with van der Waals surface area (Å²) < 4.78 is 23.4. The Labute approximate surface area is 301 Å². The van der Waals surface area contributed by atoms with Crippen molar-refractivity contribution in [2.45, 2.75) is 161 Å². The van der Waals surface area contributed by atoms with E-state index in [9.17, 15) is 19.4 Å². The highest BCUT2D eigenvalue weighted by Gasteiger charge is 2.27. The van der Waals surface area contributed by atoms with Crippen LogP contribution in [0.3, 0.4) is 0 Å². The number of unbranched alkanes of at least 4 members (excludes halogenated alkanes) is 16. The van der Waals surface area contributed by atoms with Crippen LogP contribution >= 0.6 is 7.82 Å². The lowest BCUT2D eigenvalue weighted by molar-refractivity contribution is -0.870. The van der Waals surface area contributed by atoms with Crippen LogP contribution < -0.4 is 5.32 Å². The molecule has 0 heterocycles. The quantitative estimate of drug-likeness (QED) is 0.0266. The summed E-state index contributed by atoms with van der Waals surface area (Å²) in [5.74, 6) is -0.202. The maximum Gasteiger partial charge on any atom is 0.472 e. The summed E-state index contributed by atoms with van der Waals surface area (Å²) in [5.41, 5.74) is 0. The van der Waals surface area contributed by atoms with Gasteiger partial charge in [0, 0.05) is 6.42 Å². The zero-order valence-corrected chi connectivity index (χ0v) is 33.1. The number of quaternary nitrogens is 1. The molecule has 49 heavy (non-hydrogen) atoms. The highest BCUT2D eigenvalue weighted by Crippen LogP contribution is 2.43. The SMILES string of the molecule is C/C=C/CC/C=C/CC/C=C/C(O)C(COP(=O)(O)OCC[N+](C)(C)C)NC(=O)CCCCCCCCC/C=C\CCCCCCCCC. The maximum atomic E-state index is 12.8. The third kappa shape index (κ3) is 34.7. The second-order valence-corrected chi connectivity index (χ2v) is 15.7. The van der Waals surface area contributed by atoms with Crippen molar-refractivity contribution in [3.8, 4) is 0 Å². The molecule has 0 aromatic carbocycles. The predicted molar refractivity (Wildman–Crippen MR) is 207 cm³/mol. The van der Waals surface area contributed by atoms with Gasteiger partial charge in [0.05, 0.1) is 39.9 Å². The van der Waals surface area contributed by atoms with E-state index in [1.807, 2.05) is 40.2 Å². The molecule has 0 radical (unpaired) electrons. The average molecular weight is 712 g/mol. The lowest BCUT2D eigenvalue weighted by Crippen LogP contribution is -2.45. The largest absolute Gasteiger partial charge is 0.472 e. The Bertz CT molecular complexity index is 944. The lowest BCUT2D eigenvalue weighted by Gasteiger charge is -2.25. The number of allylic oxidation sites excluding steroid dienone is 7. The van der Waals surface area contributed by atoms with Crippen LogP contribution in [0.1, 0.15) is 149 Å². The Hall–Kier alpha value is -1.54. The Morgan fingerprint density at radius 1 is 0.714 bits per heavy atom. The first kappa shape index (κ1) is 47.5. The second kappa shape index (κ2) is 32.4. The van der Waals surface area contributed by atoms with E-state index in [1.165, 1.54) is 83.5 Å². The summed E-state index contributed by atoms with van der Waals surface area (Å²) in [6, 6.07) is -0.868. The molecule has 286 valence electrons. The van der Waals surface area contributed by atoms with Crippen molar-refractivity contribution in [2.75, 3.05) is 40.9 Å². The fourth-order valence-corrected chi connectivity index (χ4v) is 5.93. The topological polar surface area (TPSA) is 105 Å². The van der Waals surface area contributed by atoms with Gasteiger partial charge < -0.3 is 19.8 Å². The van der Waals surface area contributed by atoms with E-state index in [-0.39, 0.29) is 19.1 Å². The molecule has 0 aromatic rings. The van der Waals surface area contributed by atoms with Gasteiger partial charge in [-0.05, 0) is 64.7 Å². The average Bonchev–Trinajstić information content (AvgIpc) is 3.04. The fraction of sp³-hybridized carbons (Fsp3) is 0.775. The molecule has 0 aromatic heterocycles. The summed E-state index contributed by atoms with van der Waals surface area (Å²) in [6.07, 6.45) is 39.2. The molecular formula is C40H76N2O6P+. The van der Waals surface area contributed by atoms with Crippen molar-refractivity contribution in [1.29, 1.82) is 0 Å². The molecule has 0 saturated heterocycles. The van der Waals surface area contributed by atoms with Crippen LogP contribution in [-0.4, -0.2) is 73.4 Å². The number of aliphatic hydroxyl groups excluding tert-OH is 1. The van der Waals surface area contributed by atoms with E-state index in [4.69, 9.17) is 9.05 Å². The lowest BCUT2D eigenvalue weighted by atomic mass is 10.1. The molecule has 0 bridgehead atoms. The molecule has 0 aliphatic heterocycles. The van der Waals surface area contributed by atoms with Crippen LogP contribution in [0, 0.1) is 0 Å². The molecular weight excluding hydrogens is 635 g/mol. The number of carbonyl (C=O) groups is 1. The van der Waals surface area contributed by atoms with Crippen molar-refractivity contribution in [3.05, 3.63) is 48.6 Å². The van der Waals surface area contributed by atoms with Gasteiger partial charge in [-0.3, -0.25) is 13.8 Å². The van der Waals surface area contributed by atoms with Crippen LogP contribution in [0.25, 0.3) is 0 Å². The van der Waals surface area contributed by atoms with E-state index < -0.39 is 20.0 Å². The van der Waals surface area contributed by atoms with Crippen LogP contribution in [0.5, 0.6) is 0 Å². The highest BCUT2D eigenvalue weighted by atomic mass is 31.2. The zero-order valence-electron chi connectivity index (χ0n) is 32.2. The van der Waals surface area contributed by atoms with Gasteiger partial charge in [0.2, 0.25) is 5.91 Å². The molecule has 0 saturated carbocycles. The molecule has 8 nitrogen and oxygen atoms in total. The summed E-state index contributed by atoms with van der Waals surface area (Å²) >= 11 is 0. The van der Waals surface area contributed by atoms with E-state index in [2.05, 4.69) is 42.6 Å². The minimum atomic E-state index is -4.34. The molecule has 0 rings (SSSR count). The number of rotatable bonds is 34. The minimum Gasteiger partial charge on any atom is -0.387 e. The van der Waals surface area contributed by atoms with Gasteiger partial charge in [0.1, 0.15) is 13.2 Å². The Balaban J connectivity index is 4.43. The Morgan fingerprint density at radius 3 is 1.76 bits per heavy atom. The summed E-state index contributed by atoms with van der Waals surface area (Å²) in [4.78, 5) is 22.9. The summed E-state index contributed by atoms with van der Waals surface area (Å²) in [5, 5.41) is 13.7. The number of hydrogen-bond acceptors (Lipinski definition) is 5. The van der Waals surface area contributed by atoms with E-state index in [1.54, 1.807) is 6.08 Å². The number of phosphoric ester groups is 1. The maximum absolute atomic E-state index is 12.8. The molecule has 3 N–H and O–H groups in total. The molecule has 3 unspecified atom stereocenters. The van der Waals surface area contributed by atoms with Crippen molar-refractivity contribution in [3.63, 3.8) is 0 Å². The number of aliphatic hydroxyl groups is 1. The third-order valence-corrected chi connectivity index (χ3v) is 9.33. The molecule has 9 heteroatoms. The summed E-state index contributed by atoms with van der Waals surface area (Å²) in [6.45, 7) is 4.52. The number of carbonyl (C=O) groups excluding carboxylic acids is 1. The molecule has 0 aliphatic carbocycles. The van der Waals surface area contributed by atoms with Gasteiger partial charge in [-0.2, -0.15) is 0 Å².